The van der Waals surface area contributed by atoms with Crippen molar-refractivity contribution in [2.75, 3.05) is 0 Å². The average molecular weight is 230 g/mol. The third-order valence-electron chi connectivity index (χ3n) is 1.94. The van der Waals surface area contributed by atoms with E-state index in [-0.39, 0.29) is 30.7 Å². The lowest BCUT2D eigenvalue weighted by atomic mass is 10.2. The quantitative estimate of drug-likeness (QED) is 0.653. The number of nitrogens with zero attached hydrogens (tertiary/aromatic N) is 3. The van der Waals surface area contributed by atoms with Crippen molar-refractivity contribution >= 4 is 42.1 Å². The number of halogens is 2. The number of hydrogen-bond acceptors (Lipinski definition) is 3. The Morgan fingerprint density at radius 1 is 1.07 bits per heavy atom. The van der Waals surface area contributed by atoms with E-state index in [0.717, 1.165) is 10.9 Å². The maximum Gasteiger partial charge on any atom is 0.298 e. The average Bonchev–Trinajstić information content (AvgIpc) is 2.60. The highest BCUT2D eigenvalue weighted by molar-refractivity contribution is 6.15. The molecule has 0 spiro atoms. The number of carbonyl (C=O) groups excluding carboxylic acids is 1. The molecule has 2 aliphatic heterocycles. The zero-order valence-electron chi connectivity index (χ0n) is 6.80. The van der Waals surface area contributed by atoms with Gasteiger partial charge in [-0.15, -0.1) is 35.0 Å². The topological polar surface area (TPSA) is 54.1 Å². The smallest absolute Gasteiger partial charge is 0.265 e. The first-order valence-corrected chi connectivity index (χ1v) is 3.54. The lowest BCUT2D eigenvalue weighted by molar-refractivity contribution is -0.112. The molecule has 0 saturated carbocycles. The van der Waals surface area contributed by atoms with E-state index in [0.29, 0.717) is 11.1 Å². The molecular weight excluding hydrogens is 225 g/mol. The van der Waals surface area contributed by atoms with Crippen LogP contribution < -0.4 is 10.6 Å². The van der Waals surface area contributed by atoms with E-state index < -0.39 is 0 Å². The Kier molecular flexibility index (Phi) is 2.69. The highest BCUT2D eigenvalue weighted by atomic mass is 35.5. The van der Waals surface area contributed by atoms with Gasteiger partial charge in [-0.25, -0.2) is 4.99 Å². The number of rotatable bonds is 0. The van der Waals surface area contributed by atoms with Gasteiger partial charge in [0, 0.05) is 0 Å². The molecule has 2 heterocycles. The van der Waals surface area contributed by atoms with Crippen LogP contribution in [0, 0.1) is 0 Å². The van der Waals surface area contributed by atoms with Crippen LogP contribution in [0.4, 0.5) is 5.69 Å². The van der Waals surface area contributed by atoms with Gasteiger partial charge in [-0.3, -0.25) is 4.79 Å². The summed E-state index contributed by atoms with van der Waals surface area (Å²) in [5.74, 6) is -0.279. The minimum atomic E-state index is -0.279. The van der Waals surface area contributed by atoms with Gasteiger partial charge in [-0.05, 0) is 12.1 Å². The fraction of sp³-hybridized carbons (Fsp3) is 0. The van der Waals surface area contributed by atoms with E-state index in [1.807, 2.05) is 12.1 Å². The van der Waals surface area contributed by atoms with E-state index in [4.69, 9.17) is 0 Å². The summed E-state index contributed by atoms with van der Waals surface area (Å²) in [6.45, 7) is 0. The zero-order chi connectivity index (χ0) is 8.13. The number of azo groups is 1. The molecule has 0 saturated heterocycles. The third kappa shape index (κ3) is 1.15. The standard InChI is InChI=1S/C8H3N3O.2ClH/c12-8-7-6-4(9-8)2-1-3-5(6)10-11-7;;/h1-3H;2*1H. The fourth-order valence-electron chi connectivity index (χ4n) is 1.41. The Morgan fingerprint density at radius 2 is 1.86 bits per heavy atom. The second kappa shape index (κ2) is 3.48. The summed E-state index contributed by atoms with van der Waals surface area (Å²) in [6, 6.07) is 5.43. The van der Waals surface area contributed by atoms with Crippen molar-refractivity contribution in [3.63, 3.8) is 0 Å². The number of amides is 1. The van der Waals surface area contributed by atoms with Crippen molar-refractivity contribution in [1.29, 1.82) is 0 Å². The maximum absolute atomic E-state index is 11.1. The normalized spacial score (nSPS) is 14.3. The SMILES string of the molecule is Cl.Cl.O=C1N=c2cccc3c2=C1N=N3. The van der Waals surface area contributed by atoms with E-state index in [9.17, 15) is 4.79 Å². The van der Waals surface area contributed by atoms with Crippen LogP contribution in [-0.4, -0.2) is 5.91 Å². The molecule has 0 radical (unpaired) electrons. The molecule has 3 rings (SSSR count). The molecule has 0 bridgehead atoms. The summed E-state index contributed by atoms with van der Waals surface area (Å²) < 4.78 is 0. The van der Waals surface area contributed by atoms with Crippen LogP contribution in [0.25, 0.3) is 5.70 Å². The van der Waals surface area contributed by atoms with E-state index in [1.165, 1.54) is 0 Å². The minimum absolute atomic E-state index is 0. The molecule has 0 unspecified atom stereocenters. The molecule has 72 valence electrons. The Morgan fingerprint density at radius 3 is 2.64 bits per heavy atom. The molecule has 1 aromatic carbocycles. The third-order valence-corrected chi connectivity index (χ3v) is 1.94. The summed E-state index contributed by atoms with van der Waals surface area (Å²) in [6.07, 6.45) is 0. The summed E-state index contributed by atoms with van der Waals surface area (Å²) in [5.41, 5.74) is 1.14. The number of carbonyl (C=O) groups is 1. The predicted molar refractivity (Wildman–Crippen MR) is 54.7 cm³/mol. The van der Waals surface area contributed by atoms with Gasteiger partial charge in [-0.1, -0.05) is 6.07 Å². The largest absolute Gasteiger partial charge is 0.298 e. The van der Waals surface area contributed by atoms with Crippen LogP contribution in [0.15, 0.2) is 33.4 Å². The Balaban J connectivity index is 0.000000490. The fourth-order valence-corrected chi connectivity index (χ4v) is 1.41. The zero-order valence-corrected chi connectivity index (χ0v) is 8.43. The number of benzene rings is 1. The lowest BCUT2D eigenvalue weighted by Gasteiger charge is -1.84. The van der Waals surface area contributed by atoms with Crippen molar-refractivity contribution in [3.8, 4) is 0 Å². The highest BCUT2D eigenvalue weighted by Crippen LogP contribution is 2.17. The number of hydrogen-bond donors (Lipinski definition) is 0. The van der Waals surface area contributed by atoms with Crippen LogP contribution in [0.2, 0.25) is 0 Å². The van der Waals surface area contributed by atoms with Gasteiger partial charge >= 0.3 is 0 Å². The van der Waals surface area contributed by atoms with Crippen LogP contribution in [0.3, 0.4) is 0 Å². The van der Waals surface area contributed by atoms with Crippen LogP contribution in [-0.2, 0) is 4.79 Å². The Hall–Kier alpha value is -1.26. The van der Waals surface area contributed by atoms with E-state index in [2.05, 4.69) is 15.2 Å². The summed E-state index contributed by atoms with van der Waals surface area (Å²) >= 11 is 0. The molecule has 6 heteroatoms. The van der Waals surface area contributed by atoms with Gasteiger partial charge in [0.05, 0.1) is 16.3 Å². The lowest BCUT2D eigenvalue weighted by Crippen LogP contribution is -2.20. The minimum Gasteiger partial charge on any atom is -0.265 e. The Bertz CT molecular complexity index is 550. The summed E-state index contributed by atoms with van der Waals surface area (Å²) in [7, 11) is 0. The van der Waals surface area contributed by atoms with Crippen LogP contribution >= 0.6 is 24.8 Å². The highest BCUT2D eigenvalue weighted by Gasteiger charge is 2.21. The molecule has 1 amide bonds. The molecular formula is C8H5Cl2N3O. The van der Waals surface area contributed by atoms with Crippen molar-refractivity contribution in [2.45, 2.75) is 0 Å². The van der Waals surface area contributed by atoms with Crippen molar-refractivity contribution < 1.29 is 4.79 Å². The molecule has 0 fully saturated rings. The van der Waals surface area contributed by atoms with Gasteiger partial charge in [0.1, 0.15) is 0 Å². The first-order chi connectivity index (χ1) is 5.86. The van der Waals surface area contributed by atoms with Gasteiger partial charge in [0.25, 0.3) is 5.91 Å². The van der Waals surface area contributed by atoms with Gasteiger partial charge in [-0.2, -0.15) is 0 Å². The first kappa shape index (κ1) is 10.8. The maximum atomic E-state index is 11.1. The van der Waals surface area contributed by atoms with Gasteiger partial charge in [0.15, 0.2) is 5.70 Å². The van der Waals surface area contributed by atoms with Crippen LogP contribution in [0.5, 0.6) is 0 Å². The first-order valence-electron chi connectivity index (χ1n) is 3.54. The van der Waals surface area contributed by atoms with E-state index in [1.54, 1.807) is 6.07 Å². The molecule has 4 nitrogen and oxygen atoms in total. The summed E-state index contributed by atoms with van der Waals surface area (Å²) in [4.78, 5) is 15.0. The van der Waals surface area contributed by atoms with Gasteiger partial charge < -0.3 is 0 Å². The molecule has 0 aromatic heterocycles. The van der Waals surface area contributed by atoms with Crippen molar-refractivity contribution in [2.24, 2.45) is 15.2 Å². The Labute approximate surface area is 91.3 Å². The van der Waals surface area contributed by atoms with E-state index >= 15 is 0 Å². The van der Waals surface area contributed by atoms with Crippen LogP contribution in [0.1, 0.15) is 0 Å². The van der Waals surface area contributed by atoms with Gasteiger partial charge in [0.2, 0.25) is 0 Å². The van der Waals surface area contributed by atoms with Crippen molar-refractivity contribution in [1.82, 2.24) is 0 Å². The molecule has 2 aliphatic rings. The molecule has 0 atom stereocenters. The van der Waals surface area contributed by atoms with Crippen molar-refractivity contribution in [3.05, 3.63) is 28.8 Å². The second-order valence-electron chi connectivity index (χ2n) is 2.64. The molecule has 0 N–H and O–H groups in total. The monoisotopic (exact) mass is 229 g/mol. The molecule has 1 aromatic rings. The summed E-state index contributed by atoms with van der Waals surface area (Å²) in [5, 5.41) is 9.09. The predicted octanol–water partition coefficient (Wildman–Crippen LogP) is 0.895. The molecule has 0 aliphatic carbocycles. The second-order valence-corrected chi connectivity index (χ2v) is 2.64. The molecule has 14 heavy (non-hydrogen) atoms.